The first-order valence-corrected chi connectivity index (χ1v) is 7.97. The Morgan fingerprint density at radius 1 is 1.29 bits per heavy atom. The third-order valence-electron chi connectivity index (χ3n) is 2.70. The second-order valence-corrected chi connectivity index (χ2v) is 7.16. The zero-order valence-electron chi connectivity index (χ0n) is 14.3. The minimum Gasteiger partial charge on any atom is -0.494 e. The van der Waals surface area contributed by atoms with Gasteiger partial charge in [-0.2, -0.15) is 12.6 Å². The number of nitrogens with two attached hydrogens (primary N) is 1. The summed E-state index contributed by atoms with van der Waals surface area (Å²) >= 11 is 4.09. The highest BCUT2D eigenvalue weighted by Gasteiger charge is 2.13. The van der Waals surface area contributed by atoms with E-state index in [4.69, 9.17) is 21.0 Å². The van der Waals surface area contributed by atoms with E-state index in [1.165, 1.54) is 0 Å². The molecule has 1 aromatic carbocycles. The summed E-state index contributed by atoms with van der Waals surface area (Å²) in [6, 6.07) is 7.20. The lowest BCUT2D eigenvalue weighted by Crippen LogP contribution is -2.22. The summed E-state index contributed by atoms with van der Waals surface area (Å²) in [4.78, 5) is 20.4. The van der Waals surface area contributed by atoms with Crippen LogP contribution in [0.5, 0.6) is 5.75 Å². The lowest BCUT2D eigenvalue weighted by atomic mass is 10.1. The minimum absolute atomic E-state index is 0.123. The van der Waals surface area contributed by atoms with E-state index in [1.54, 1.807) is 19.1 Å². The zero-order valence-corrected chi connectivity index (χ0v) is 15.2. The zero-order chi connectivity index (χ0) is 18.8. The molecule has 0 atom stereocenters. The van der Waals surface area contributed by atoms with E-state index in [2.05, 4.69) is 12.6 Å². The SMILES string of the molecule is CC(=N)c1ccc(OCCCC(=O)O)cc1.CC(C)(S)CC(N)=O. The van der Waals surface area contributed by atoms with Crippen LogP contribution in [0.2, 0.25) is 0 Å². The van der Waals surface area contributed by atoms with Gasteiger partial charge in [0.25, 0.3) is 0 Å². The summed E-state index contributed by atoms with van der Waals surface area (Å²) in [5.41, 5.74) is 6.26. The van der Waals surface area contributed by atoms with Crippen LogP contribution in [0.4, 0.5) is 0 Å². The number of carboxylic acids is 1. The quantitative estimate of drug-likeness (QED) is 0.326. The fourth-order valence-electron chi connectivity index (χ4n) is 1.64. The van der Waals surface area contributed by atoms with Crippen LogP contribution in [0.15, 0.2) is 24.3 Å². The molecule has 0 saturated heterocycles. The molecule has 1 rings (SSSR count). The molecule has 0 radical (unpaired) electrons. The lowest BCUT2D eigenvalue weighted by Gasteiger charge is -2.12. The Morgan fingerprint density at radius 3 is 2.17 bits per heavy atom. The number of thiol groups is 1. The first-order chi connectivity index (χ1) is 11.0. The van der Waals surface area contributed by atoms with E-state index < -0.39 is 5.97 Å². The number of carbonyl (C=O) groups excluding carboxylic acids is 1. The lowest BCUT2D eigenvalue weighted by molar-refractivity contribution is -0.137. The molecule has 24 heavy (non-hydrogen) atoms. The van der Waals surface area contributed by atoms with Crippen molar-refractivity contribution in [2.75, 3.05) is 6.61 Å². The molecular formula is C17H26N2O4S. The highest BCUT2D eigenvalue weighted by molar-refractivity contribution is 7.81. The normalized spacial score (nSPS) is 10.3. The van der Waals surface area contributed by atoms with Gasteiger partial charge in [0.2, 0.25) is 5.91 Å². The van der Waals surface area contributed by atoms with Crippen LogP contribution in [0.3, 0.4) is 0 Å². The van der Waals surface area contributed by atoms with Crippen molar-refractivity contribution in [2.24, 2.45) is 5.73 Å². The topological polar surface area (TPSA) is 113 Å². The van der Waals surface area contributed by atoms with Gasteiger partial charge in [-0.15, -0.1) is 0 Å². The van der Waals surface area contributed by atoms with Crippen molar-refractivity contribution in [3.05, 3.63) is 29.8 Å². The number of hydrogen-bond donors (Lipinski definition) is 4. The largest absolute Gasteiger partial charge is 0.494 e. The molecule has 4 N–H and O–H groups in total. The Morgan fingerprint density at radius 2 is 1.83 bits per heavy atom. The Labute approximate surface area is 148 Å². The molecule has 1 aromatic rings. The van der Waals surface area contributed by atoms with Crippen molar-refractivity contribution in [1.29, 1.82) is 5.41 Å². The summed E-state index contributed by atoms with van der Waals surface area (Å²) in [7, 11) is 0. The van der Waals surface area contributed by atoms with E-state index in [-0.39, 0.29) is 17.1 Å². The van der Waals surface area contributed by atoms with Crippen LogP contribution in [0.1, 0.15) is 45.6 Å². The predicted molar refractivity (Wildman–Crippen MR) is 98.2 cm³/mol. The third kappa shape index (κ3) is 12.5. The second-order valence-electron chi connectivity index (χ2n) is 5.95. The van der Waals surface area contributed by atoms with Crippen LogP contribution in [0.25, 0.3) is 0 Å². The Bertz CT molecular complexity index is 551. The van der Waals surface area contributed by atoms with Crippen LogP contribution in [0, 0.1) is 5.41 Å². The Kier molecular flexibility index (Phi) is 9.80. The molecule has 0 spiro atoms. The molecule has 0 aromatic heterocycles. The first-order valence-electron chi connectivity index (χ1n) is 7.52. The molecular weight excluding hydrogens is 328 g/mol. The van der Waals surface area contributed by atoms with E-state index in [0.29, 0.717) is 30.9 Å². The minimum atomic E-state index is -0.807. The molecule has 6 nitrogen and oxygen atoms in total. The average molecular weight is 354 g/mol. The number of carbonyl (C=O) groups is 2. The van der Waals surface area contributed by atoms with Crippen LogP contribution >= 0.6 is 12.6 Å². The maximum absolute atomic E-state index is 10.3. The van der Waals surface area contributed by atoms with Gasteiger partial charge < -0.3 is 21.0 Å². The molecule has 0 aliphatic rings. The maximum atomic E-state index is 10.3. The molecule has 0 bridgehead atoms. The van der Waals surface area contributed by atoms with Gasteiger partial charge in [-0.3, -0.25) is 9.59 Å². The summed E-state index contributed by atoms with van der Waals surface area (Å²) in [6.45, 7) is 5.82. The number of aliphatic carboxylic acids is 1. The highest BCUT2D eigenvalue weighted by atomic mass is 32.1. The van der Waals surface area contributed by atoms with Crippen molar-refractivity contribution in [1.82, 2.24) is 0 Å². The van der Waals surface area contributed by atoms with Gasteiger partial charge in [0.05, 0.1) is 6.61 Å². The maximum Gasteiger partial charge on any atom is 0.303 e. The van der Waals surface area contributed by atoms with Gasteiger partial charge in [-0.25, -0.2) is 0 Å². The fraction of sp³-hybridized carbons (Fsp3) is 0.471. The standard InChI is InChI=1S/C12H15NO3.C5H11NOS/c1-9(13)10-4-6-11(7-5-10)16-8-2-3-12(14)15;1-5(2,8)3-4(6)7/h4-7,13H,2-3,8H2,1H3,(H,14,15);8H,3H2,1-2H3,(H2,6,7). The molecule has 0 aliphatic carbocycles. The highest BCUT2D eigenvalue weighted by Crippen LogP contribution is 2.15. The number of ether oxygens (including phenoxy) is 1. The van der Waals surface area contributed by atoms with Gasteiger partial charge >= 0.3 is 5.97 Å². The average Bonchev–Trinajstić information content (AvgIpc) is 2.42. The van der Waals surface area contributed by atoms with Crippen molar-refractivity contribution in [3.63, 3.8) is 0 Å². The molecule has 0 aliphatic heterocycles. The second kappa shape index (κ2) is 10.7. The van der Waals surface area contributed by atoms with Gasteiger partial charge in [0.1, 0.15) is 5.75 Å². The van der Waals surface area contributed by atoms with E-state index in [9.17, 15) is 9.59 Å². The predicted octanol–water partition coefficient (Wildman–Crippen LogP) is 2.89. The van der Waals surface area contributed by atoms with Crippen molar-refractivity contribution in [2.45, 2.75) is 44.8 Å². The first kappa shape index (κ1) is 22.0. The number of benzene rings is 1. The fourth-order valence-corrected chi connectivity index (χ4v) is 1.80. The van der Waals surface area contributed by atoms with Crippen molar-refractivity contribution < 1.29 is 19.4 Å². The molecule has 134 valence electrons. The number of rotatable bonds is 8. The summed E-state index contributed by atoms with van der Waals surface area (Å²) in [5.74, 6) is -0.404. The third-order valence-corrected chi connectivity index (χ3v) is 2.86. The molecule has 0 heterocycles. The molecule has 1 amide bonds. The van der Waals surface area contributed by atoms with Crippen molar-refractivity contribution >= 4 is 30.2 Å². The van der Waals surface area contributed by atoms with Gasteiger partial charge in [-0.1, -0.05) is 13.8 Å². The summed E-state index contributed by atoms with van der Waals surface area (Å²) in [5, 5.41) is 15.8. The van der Waals surface area contributed by atoms with Gasteiger partial charge in [-0.05, 0) is 43.2 Å². The molecule has 7 heteroatoms. The van der Waals surface area contributed by atoms with Crippen LogP contribution in [-0.2, 0) is 9.59 Å². The Balaban J connectivity index is 0.000000561. The number of hydrogen-bond acceptors (Lipinski definition) is 5. The molecule has 0 unspecified atom stereocenters. The summed E-state index contributed by atoms with van der Waals surface area (Å²) < 4.78 is 5.10. The molecule has 0 saturated carbocycles. The monoisotopic (exact) mass is 354 g/mol. The van der Waals surface area contributed by atoms with Crippen molar-refractivity contribution in [3.8, 4) is 5.75 Å². The van der Waals surface area contributed by atoms with E-state index in [0.717, 1.165) is 5.56 Å². The number of amides is 1. The van der Waals surface area contributed by atoms with Crippen LogP contribution < -0.4 is 10.5 Å². The molecule has 0 fully saturated rings. The van der Waals surface area contributed by atoms with E-state index >= 15 is 0 Å². The van der Waals surface area contributed by atoms with Gasteiger partial charge in [0, 0.05) is 23.3 Å². The Hall–Kier alpha value is -2.02. The van der Waals surface area contributed by atoms with Gasteiger partial charge in [0.15, 0.2) is 0 Å². The number of carboxylic acid groups (broad SMARTS) is 1. The van der Waals surface area contributed by atoms with Crippen LogP contribution in [-0.4, -0.2) is 34.0 Å². The smallest absolute Gasteiger partial charge is 0.303 e. The number of primary amides is 1. The summed E-state index contributed by atoms with van der Waals surface area (Å²) in [6.07, 6.45) is 0.953. The van der Waals surface area contributed by atoms with E-state index in [1.807, 2.05) is 26.0 Å². The number of nitrogens with one attached hydrogen (secondary N) is 1.